The van der Waals surface area contributed by atoms with Crippen molar-refractivity contribution in [2.24, 2.45) is 0 Å². The van der Waals surface area contributed by atoms with Crippen LogP contribution in [0, 0.1) is 0 Å². The van der Waals surface area contributed by atoms with Crippen molar-refractivity contribution in [2.45, 2.75) is 19.9 Å². The maximum absolute atomic E-state index is 11.5. The van der Waals surface area contributed by atoms with Crippen LogP contribution in [0.2, 0.25) is 0 Å². The molecule has 0 aromatic heterocycles. The van der Waals surface area contributed by atoms with Crippen molar-refractivity contribution < 1.29 is 12.3 Å². The molecule has 8 heavy (non-hydrogen) atoms. The van der Waals surface area contributed by atoms with Crippen molar-refractivity contribution in [3.05, 3.63) is 0 Å². The zero-order chi connectivity index (χ0) is 6.78. The first-order valence-electron chi connectivity index (χ1n) is 2.14. The fourth-order valence-electron chi connectivity index (χ4n) is 0.282. The fraction of sp³-hybridized carbons (Fsp3) is 1.00. The average Bonchev–Trinajstić information content (AvgIpc) is 1.21. The summed E-state index contributed by atoms with van der Waals surface area (Å²) >= 11 is 0. The molecule has 0 amide bonds. The topological polar surface area (TPSA) is 46.2 Å². The summed E-state index contributed by atoms with van der Waals surface area (Å²) in [6, 6.07) is -0.370. The number of hydrogen-bond acceptors (Lipinski definition) is 2. The molecule has 1 N–H and O–H groups in total. The normalized spacial score (nSPS) is 12.5. The Hall–Kier alpha value is -0.160. The van der Waals surface area contributed by atoms with Gasteiger partial charge >= 0.3 is 10.4 Å². The van der Waals surface area contributed by atoms with Crippen LogP contribution >= 0.6 is 0 Å². The van der Waals surface area contributed by atoms with E-state index >= 15 is 0 Å². The molecule has 0 aliphatic rings. The van der Waals surface area contributed by atoms with Crippen LogP contribution in [0.3, 0.4) is 0 Å². The zero-order valence-electron chi connectivity index (χ0n) is 4.68. The number of hydrogen-bond donors (Lipinski definition) is 1. The maximum atomic E-state index is 11.5. The summed E-state index contributed by atoms with van der Waals surface area (Å²) in [5, 5.41) is 0. The van der Waals surface area contributed by atoms with Gasteiger partial charge in [0.1, 0.15) is 0 Å². The second-order valence-electron chi connectivity index (χ2n) is 1.71. The van der Waals surface area contributed by atoms with Crippen LogP contribution in [-0.4, -0.2) is 14.5 Å². The molecule has 5 heteroatoms. The Labute approximate surface area is 48.2 Å². The van der Waals surface area contributed by atoms with Crippen LogP contribution in [0.25, 0.3) is 0 Å². The standard InChI is InChI=1S/C3H8FNO2S/c1-3(2)5-8(4,6)7/h3,5H,1-2H3. The zero-order valence-corrected chi connectivity index (χ0v) is 5.50. The van der Waals surface area contributed by atoms with E-state index in [0.29, 0.717) is 0 Å². The minimum atomic E-state index is -4.47. The van der Waals surface area contributed by atoms with E-state index in [0.717, 1.165) is 0 Å². The van der Waals surface area contributed by atoms with E-state index in [2.05, 4.69) is 0 Å². The first-order valence-corrected chi connectivity index (χ1v) is 3.52. The molecule has 50 valence electrons. The molecule has 0 atom stereocenters. The average molecular weight is 141 g/mol. The predicted octanol–water partition coefficient (Wildman–Crippen LogP) is 0.199. The summed E-state index contributed by atoms with van der Waals surface area (Å²) in [5.41, 5.74) is 0. The van der Waals surface area contributed by atoms with Crippen molar-refractivity contribution in [3.63, 3.8) is 0 Å². The summed E-state index contributed by atoms with van der Waals surface area (Å²) in [7, 11) is -4.47. The number of nitrogens with one attached hydrogen (secondary N) is 1. The van der Waals surface area contributed by atoms with Gasteiger partial charge in [-0.25, -0.2) is 0 Å². The van der Waals surface area contributed by atoms with Crippen molar-refractivity contribution in [3.8, 4) is 0 Å². The molecule has 0 rings (SSSR count). The highest BCUT2D eigenvalue weighted by Gasteiger charge is 2.05. The van der Waals surface area contributed by atoms with Gasteiger partial charge in [-0.3, -0.25) is 0 Å². The third kappa shape index (κ3) is 5.84. The third-order valence-electron chi connectivity index (χ3n) is 0.376. The van der Waals surface area contributed by atoms with E-state index in [1.165, 1.54) is 13.8 Å². The Morgan fingerprint density at radius 2 is 1.88 bits per heavy atom. The van der Waals surface area contributed by atoms with Gasteiger partial charge in [0.2, 0.25) is 0 Å². The first kappa shape index (κ1) is 7.84. The Balaban J connectivity index is 3.75. The molecule has 0 saturated heterocycles. The molecule has 0 saturated carbocycles. The SMILES string of the molecule is CC(C)NS(=O)(=O)F. The quantitative estimate of drug-likeness (QED) is 0.558. The highest BCUT2D eigenvalue weighted by Crippen LogP contribution is 1.86. The maximum Gasteiger partial charge on any atom is 0.372 e. The molecule has 0 spiro atoms. The molecule has 0 radical (unpaired) electrons. The lowest BCUT2D eigenvalue weighted by atomic mass is 10.4. The van der Waals surface area contributed by atoms with E-state index < -0.39 is 10.4 Å². The summed E-state index contributed by atoms with van der Waals surface area (Å²) in [5.74, 6) is 0. The monoisotopic (exact) mass is 141 g/mol. The second-order valence-corrected chi connectivity index (χ2v) is 2.82. The molecular weight excluding hydrogens is 133 g/mol. The van der Waals surface area contributed by atoms with Crippen molar-refractivity contribution >= 4 is 10.4 Å². The van der Waals surface area contributed by atoms with Gasteiger partial charge in [-0.2, -0.15) is 13.1 Å². The molecule has 3 nitrogen and oxygen atoms in total. The first-order chi connectivity index (χ1) is 3.42. The van der Waals surface area contributed by atoms with Crippen LogP contribution in [0.15, 0.2) is 0 Å². The van der Waals surface area contributed by atoms with Crippen molar-refractivity contribution in [2.75, 3.05) is 0 Å². The predicted molar refractivity (Wildman–Crippen MR) is 28.3 cm³/mol. The van der Waals surface area contributed by atoms with Gasteiger partial charge in [-0.05, 0) is 13.8 Å². The van der Waals surface area contributed by atoms with Crippen LogP contribution in [-0.2, 0) is 10.4 Å². The fourth-order valence-corrected chi connectivity index (χ4v) is 0.845. The number of halogens is 1. The Kier molecular flexibility index (Phi) is 2.36. The molecule has 0 aliphatic heterocycles. The van der Waals surface area contributed by atoms with Gasteiger partial charge in [-0.1, -0.05) is 3.89 Å². The Morgan fingerprint density at radius 3 is 1.88 bits per heavy atom. The van der Waals surface area contributed by atoms with Crippen LogP contribution in [0.5, 0.6) is 0 Å². The van der Waals surface area contributed by atoms with Gasteiger partial charge < -0.3 is 0 Å². The van der Waals surface area contributed by atoms with Gasteiger partial charge in [0.05, 0.1) is 0 Å². The molecule has 0 aromatic rings. The van der Waals surface area contributed by atoms with E-state index in [4.69, 9.17) is 0 Å². The molecule has 0 fully saturated rings. The van der Waals surface area contributed by atoms with E-state index in [9.17, 15) is 12.3 Å². The van der Waals surface area contributed by atoms with Crippen LogP contribution in [0.4, 0.5) is 3.89 Å². The summed E-state index contributed by atoms with van der Waals surface area (Å²) in [4.78, 5) is 0. The highest BCUT2D eigenvalue weighted by atomic mass is 32.3. The summed E-state index contributed by atoms with van der Waals surface area (Å²) < 4.78 is 32.5. The van der Waals surface area contributed by atoms with E-state index in [1.807, 2.05) is 0 Å². The Morgan fingerprint density at radius 1 is 1.50 bits per heavy atom. The minimum Gasteiger partial charge on any atom is -0.186 e. The number of rotatable bonds is 2. The molecule has 0 aliphatic carbocycles. The largest absolute Gasteiger partial charge is 0.372 e. The van der Waals surface area contributed by atoms with Crippen LogP contribution < -0.4 is 4.72 Å². The summed E-state index contributed by atoms with van der Waals surface area (Å²) in [6.07, 6.45) is 0. The highest BCUT2D eigenvalue weighted by molar-refractivity contribution is 7.84. The lowest BCUT2D eigenvalue weighted by Crippen LogP contribution is -2.26. The van der Waals surface area contributed by atoms with Crippen molar-refractivity contribution in [1.29, 1.82) is 0 Å². The molecule has 0 heterocycles. The lowest BCUT2D eigenvalue weighted by molar-refractivity contribution is 0.524. The van der Waals surface area contributed by atoms with Gasteiger partial charge in [-0.15, -0.1) is 0 Å². The van der Waals surface area contributed by atoms with E-state index in [-0.39, 0.29) is 6.04 Å². The van der Waals surface area contributed by atoms with Crippen molar-refractivity contribution in [1.82, 2.24) is 4.72 Å². The summed E-state index contributed by atoms with van der Waals surface area (Å²) in [6.45, 7) is 3.08. The van der Waals surface area contributed by atoms with E-state index in [1.54, 1.807) is 4.72 Å². The Bertz CT molecular complexity index is 151. The van der Waals surface area contributed by atoms with Crippen LogP contribution in [0.1, 0.15) is 13.8 Å². The molecular formula is C3H8FNO2S. The minimum absolute atomic E-state index is 0.370. The second kappa shape index (κ2) is 2.41. The molecule has 0 bridgehead atoms. The smallest absolute Gasteiger partial charge is 0.186 e. The van der Waals surface area contributed by atoms with Gasteiger partial charge in [0.15, 0.2) is 0 Å². The lowest BCUT2D eigenvalue weighted by Gasteiger charge is -1.99. The molecule has 0 unspecified atom stereocenters. The van der Waals surface area contributed by atoms with Gasteiger partial charge in [0.25, 0.3) is 0 Å². The molecule has 0 aromatic carbocycles. The van der Waals surface area contributed by atoms with Gasteiger partial charge in [0, 0.05) is 6.04 Å². The third-order valence-corrected chi connectivity index (χ3v) is 1.13.